The van der Waals surface area contributed by atoms with Gasteiger partial charge in [-0.3, -0.25) is 9.59 Å². The molecule has 1 rings (SSSR count). The molecule has 94 valence electrons. The molecule has 0 aliphatic carbocycles. The standard InChI is InChI=1S/C11H18N4O2/c1-4-8-13-9(6-10(16)14-8)15(3)7-11(17)12-5-2/h6H,4-5,7H2,1-3H3,(H,12,17)(H,13,14,16). The fourth-order valence-corrected chi connectivity index (χ4v) is 1.41. The summed E-state index contributed by atoms with van der Waals surface area (Å²) in [4.78, 5) is 31.3. The van der Waals surface area contributed by atoms with Gasteiger partial charge in [0.2, 0.25) is 5.91 Å². The molecule has 0 aliphatic heterocycles. The van der Waals surface area contributed by atoms with Crippen LogP contribution in [0.25, 0.3) is 0 Å². The minimum Gasteiger partial charge on any atom is -0.355 e. The molecule has 0 fully saturated rings. The van der Waals surface area contributed by atoms with Gasteiger partial charge in [-0.15, -0.1) is 0 Å². The third-order valence-corrected chi connectivity index (χ3v) is 2.26. The first kappa shape index (κ1) is 13.2. The Morgan fingerprint density at radius 2 is 2.24 bits per heavy atom. The van der Waals surface area contributed by atoms with E-state index in [4.69, 9.17) is 0 Å². The Morgan fingerprint density at radius 3 is 2.82 bits per heavy atom. The van der Waals surface area contributed by atoms with E-state index < -0.39 is 0 Å². The smallest absolute Gasteiger partial charge is 0.252 e. The number of H-pyrrole nitrogens is 1. The molecule has 2 N–H and O–H groups in total. The molecule has 6 nitrogen and oxygen atoms in total. The van der Waals surface area contributed by atoms with E-state index in [2.05, 4.69) is 15.3 Å². The normalized spacial score (nSPS) is 10.1. The van der Waals surface area contributed by atoms with Gasteiger partial charge in [0.25, 0.3) is 5.56 Å². The van der Waals surface area contributed by atoms with Crippen molar-refractivity contribution in [2.45, 2.75) is 20.3 Å². The Balaban J connectivity index is 2.81. The SMILES string of the molecule is CCNC(=O)CN(C)c1cc(=O)[nH]c(CC)n1. The molecule has 0 spiro atoms. The van der Waals surface area contributed by atoms with Crippen LogP contribution in [0.4, 0.5) is 5.82 Å². The number of likely N-dealkylation sites (N-methyl/N-ethyl adjacent to an activating group) is 2. The molecule has 1 aromatic heterocycles. The van der Waals surface area contributed by atoms with Crippen molar-refractivity contribution in [3.05, 3.63) is 22.2 Å². The van der Waals surface area contributed by atoms with Crippen molar-refractivity contribution < 1.29 is 4.79 Å². The summed E-state index contributed by atoms with van der Waals surface area (Å²) in [5, 5.41) is 2.70. The van der Waals surface area contributed by atoms with Crippen LogP contribution in [-0.2, 0) is 11.2 Å². The Bertz CT molecular complexity index is 441. The predicted octanol–water partition coefficient (Wildman–Crippen LogP) is -0.0954. The Morgan fingerprint density at radius 1 is 1.53 bits per heavy atom. The molecule has 1 amide bonds. The number of nitrogens with zero attached hydrogens (tertiary/aromatic N) is 2. The summed E-state index contributed by atoms with van der Waals surface area (Å²) < 4.78 is 0. The summed E-state index contributed by atoms with van der Waals surface area (Å²) in [6.07, 6.45) is 0.651. The van der Waals surface area contributed by atoms with Crippen LogP contribution in [0.1, 0.15) is 19.7 Å². The third-order valence-electron chi connectivity index (χ3n) is 2.26. The van der Waals surface area contributed by atoms with Crippen molar-refractivity contribution >= 4 is 11.7 Å². The lowest BCUT2D eigenvalue weighted by Gasteiger charge is -2.17. The van der Waals surface area contributed by atoms with Gasteiger partial charge in [-0.05, 0) is 6.92 Å². The highest BCUT2D eigenvalue weighted by molar-refractivity contribution is 5.80. The molecule has 17 heavy (non-hydrogen) atoms. The first-order valence-electron chi connectivity index (χ1n) is 5.64. The zero-order valence-electron chi connectivity index (χ0n) is 10.4. The first-order chi connectivity index (χ1) is 8.06. The molecular formula is C11H18N4O2. The monoisotopic (exact) mass is 238 g/mol. The van der Waals surface area contributed by atoms with Crippen molar-refractivity contribution in [1.29, 1.82) is 0 Å². The zero-order chi connectivity index (χ0) is 12.8. The summed E-state index contributed by atoms with van der Waals surface area (Å²) in [5.41, 5.74) is -0.199. The minimum atomic E-state index is -0.199. The summed E-state index contributed by atoms with van der Waals surface area (Å²) in [5.74, 6) is 1.04. The van der Waals surface area contributed by atoms with E-state index in [9.17, 15) is 9.59 Å². The molecule has 0 saturated carbocycles. The molecule has 1 heterocycles. The van der Waals surface area contributed by atoms with Crippen molar-refractivity contribution in [2.24, 2.45) is 0 Å². The maximum Gasteiger partial charge on any atom is 0.252 e. The fraction of sp³-hybridized carbons (Fsp3) is 0.545. The van der Waals surface area contributed by atoms with E-state index in [1.807, 2.05) is 13.8 Å². The lowest BCUT2D eigenvalue weighted by Crippen LogP contribution is -2.36. The number of aromatic amines is 1. The number of amides is 1. The molecule has 6 heteroatoms. The number of anilines is 1. The van der Waals surface area contributed by atoms with Crippen LogP contribution >= 0.6 is 0 Å². The first-order valence-corrected chi connectivity index (χ1v) is 5.64. The molecule has 1 aromatic rings. The summed E-state index contributed by atoms with van der Waals surface area (Å²) >= 11 is 0. The number of rotatable bonds is 5. The lowest BCUT2D eigenvalue weighted by molar-refractivity contribution is -0.119. The number of nitrogens with one attached hydrogen (secondary N) is 2. The van der Waals surface area contributed by atoms with Crippen LogP contribution in [0.15, 0.2) is 10.9 Å². The molecule has 0 aromatic carbocycles. The van der Waals surface area contributed by atoms with Crippen LogP contribution < -0.4 is 15.8 Å². The van der Waals surface area contributed by atoms with Crippen molar-refractivity contribution in [3.8, 4) is 0 Å². The predicted molar refractivity (Wildman–Crippen MR) is 66.2 cm³/mol. The summed E-state index contributed by atoms with van der Waals surface area (Å²) in [6, 6.07) is 1.39. The highest BCUT2D eigenvalue weighted by atomic mass is 16.2. The van der Waals surface area contributed by atoms with E-state index in [0.29, 0.717) is 24.6 Å². The maximum atomic E-state index is 11.4. The molecule has 0 aliphatic rings. The molecular weight excluding hydrogens is 220 g/mol. The fourth-order valence-electron chi connectivity index (χ4n) is 1.41. The van der Waals surface area contributed by atoms with Gasteiger partial charge in [-0.25, -0.2) is 4.98 Å². The number of aryl methyl sites for hydroxylation is 1. The van der Waals surface area contributed by atoms with Gasteiger partial charge in [0.1, 0.15) is 11.6 Å². The van der Waals surface area contributed by atoms with Crippen molar-refractivity contribution in [2.75, 3.05) is 25.0 Å². The van der Waals surface area contributed by atoms with E-state index >= 15 is 0 Å². The van der Waals surface area contributed by atoms with Gasteiger partial charge in [0.15, 0.2) is 0 Å². The lowest BCUT2D eigenvalue weighted by atomic mass is 10.4. The number of carbonyl (C=O) groups is 1. The van der Waals surface area contributed by atoms with Gasteiger partial charge >= 0.3 is 0 Å². The molecule has 0 bridgehead atoms. The topological polar surface area (TPSA) is 78.1 Å². The Kier molecular flexibility index (Phi) is 4.68. The summed E-state index contributed by atoms with van der Waals surface area (Å²) in [6.45, 7) is 4.55. The second kappa shape index (κ2) is 6.03. The minimum absolute atomic E-state index is 0.0878. The van der Waals surface area contributed by atoms with E-state index in [1.165, 1.54) is 6.07 Å². The number of hydrogen-bond acceptors (Lipinski definition) is 4. The molecule has 0 unspecified atom stereocenters. The number of hydrogen-bond donors (Lipinski definition) is 2. The van der Waals surface area contributed by atoms with Crippen molar-refractivity contribution in [3.63, 3.8) is 0 Å². The number of aromatic nitrogens is 2. The van der Waals surface area contributed by atoms with Crippen LogP contribution in [0, 0.1) is 0 Å². The third kappa shape index (κ3) is 3.90. The Labute approximate surface area is 100 Å². The maximum absolute atomic E-state index is 11.4. The van der Waals surface area contributed by atoms with Gasteiger partial charge in [0, 0.05) is 26.1 Å². The average Bonchev–Trinajstić information content (AvgIpc) is 2.28. The second-order valence-electron chi connectivity index (χ2n) is 3.71. The van der Waals surface area contributed by atoms with E-state index in [-0.39, 0.29) is 18.0 Å². The van der Waals surface area contributed by atoms with Gasteiger partial charge in [-0.2, -0.15) is 0 Å². The van der Waals surface area contributed by atoms with E-state index in [1.54, 1.807) is 11.9 Å². The highest BCUT2D eigenvalue weighted by Gasteiger charge is 2.09. The number of carbonyl (C=O) groups excluding carboxylic acids is 1. The second-order valence-corrected chi connectivity index (χ2v) is 3.71. The van der Waals surface area contributed by atoms with Crippen LogP contribution in [-0.4, -0.2) is 36.0 Å². The van der Waals surface area contributed by atoms with Crippen molar-refractivity contribution in [1.82, 2.24) is 15.3 Å². The van der Waals surface area contributed by atoms with Crippen LogP contribution in [0.3, 0.4) is 0 Å². The largest absolute Gasteiger partial charge is 0.355 e. The highest BCUT2D eigenvalue weighted by Crippen LogP contribution is 2.05. The zero-order valence-corrected chi connectivity index (χ0v) is 10.4. The van der Waals surface area contributed by atoms with E-state index in [0.717, 1.165) is 0 Å². The summed E-state index contributed by atoms with van der Waals surface area (Å²) in [7, 11) is 1.73. The quantitative estimate of drug-likeness (QED) is 0.751. The Hall–Kier alpha value is -1.85. The molecule has 0 saturated heterocycles. The average molecular weight is 238 g/mol. The van der Waals surface area contributed by atoms with Gasteiger partial charge < -0.3 is 15.2 Å². The van der Waals surface area contributed by atoms with Gasteiger partial charge in [-0.1, -0.05) is 6.92 Å². The molecule has 0 atom stereocenters. The van der Waals surface area contributed by atoms with Crippen LogP contribution in [0.5, 0.6) is 0 Å². The molecule has 0 radical (unpaired) electrons. The van der Waals surface area contributed by atoms with Crippen LogP contribution in [0.2, 0.25) is 0 Å². The van der Waals surface area contributed by atoms with Gasteiger partial charge in [0.05, 0.1) is 6.54 Å².